The molecule has 2 atom stereocenters. The van der Waals surface area contributed by atoms with Crippen molar-refractivity contribution in [3.8, 4) is 0 Å². The van der Waals surface area contributed by atoms with Gasteiger partial charge >= 0.3 is 0 Å². The van der Waals surface area contributed by atoms with Crippen molar-refractivity contribution in [2.24, 2.45) is 5.92 Å². The number of ketones is 1. The van der Waals surface area contributed by atoms with Gasteiger partial charge in [0.2, 0.25) is 0 Å². The van der Waals surface area contributed by atoms with Gasteiger partial charge < -0.3 is 5.32 Å². The van der Waals surface area contributed by atoms with Gasteiger partial charge in [-0.25, -0.2) is 0 Å². The van der Waals surface area contributed by atoms with Crippen LogP contribution in [0.25, 0.3) is 0 Å². The number of aryl methyl sites for hydroxylation is 1. The normalized spacial score (nSPS) is 29.4. The molecule has 1 aromatic rings. The minimum Gasteiger partial charge on any atom is -0.311 e. The zero-order chi connectivity index (χ0) is 13.1. The SMILES string of the molecule is O=C(CCCc1ccccc1)C1CC2CCC(C1)N2. The molecule has 0 radical (unpaired) electrons. The third-order valence-electron chi connectivity index (χ3n) is 4.66. The molecule has 0 aromatic heterocycles. The predicted molar refractivity (Wildman–Crippen MR) is 77.1 cm³/mol. The lowest BCUT2D eigenvalue weighted by Gasteiger charge is -2.28. The lowest BCUT2D eigenvalue weighted by molar-refractivity contribution is -0.124. The van der Waals surface area contributed by atoms with Crippen molar-refractivity contribution in [2.75, 3.05) is 0 Å². The van der Waals surface area contributed by atoms with Gasteiger partial charge in [0.1, 0.15) is 5.78 Å². The van der Waals surface area contributed by atoms with E-state index >= 15 is 0 Å². The molecule has 0 amide bonds. The van der Waals surface area contributed by atoms with Gasteiger partial charge in [-0.1, -0.05) is 30.3 Å². The minimum atomic E-state index is 0.342. The van der Waals surface area contributed by atoms with Crippen molar-refractivity contribution in [3.05, 3.63) is 35.9 Å². The summed E-state index contributed by atoms with van der Waals surface area (Å²) in [5, 5.41) is 3.60. The maximum Gasteiger partial charge on any atom is 0.136 e. The second kappa shape index (κ2) is 5.87. The minimum absolute atomic E-state index is 0.342. The van der Waals surface area contributed by atoms with Crippen LogP contribution in [0, 0.1) is 5.92 Å². The van der Waals surface area contributed by atoms with Crippen LogP contribution in [-0.2, 0) is 11.2 Å². The zero-order valence-electron chi connectivity index (χ0n) is 11.5. The van der Waals surface area contributed by atoms with Crippen LogP contribution >= 0.6 is 0 Å². The van der Waals surface area contributed by atoms with E-state index in [9.17, 15) is 4.79 Å². The van der Waals surface area contributed by atoms with E-state index in [-0.39, 0.29) is 0 Å². The topological polar surface area (TPSA) is 29.1 Å². The number of carbonyl (C=O) groups excluding carboxylic acids is 1. The van der Waals surface area contributed by atoms with Crippen LogP contribution in [0.4, 0.5) is 0 Å². The van der Waals surface area contributed by atoms with E-state index in [1.807, 2.05) is 6.07 Å². The van der Waals surface area contributed by atoms with Gasteiger partial charge in [0.15, 0.2) is 0 Å². The van der Waals surface area contributed by atoms with Crippen molar-refractivity contribution in [2.45, 2.75) is 57.0 Å². The fraction of sp³-hybridized carbons (Fsp3) is 0.588. The number of piperidine rings is 1. The molecule has 2 unspecified atom stereocenters. The molecule has 2 aliphatic rings. The number of rotatable bonds is 5. The molecular weight excluding hydrogens is 234 g/mol. The number of benzene rings is 1. The summed E-state index contributed by atoms with van der Waals surface area (Å²) in [7, 11) is 0. The van der Waals surface area contributed by atoms with Gasteiger partial charge in [-0.15, -0.1) is 0 Å². The van der Waals surface area contributed by atoms with Crippen molar-refractivity contribution < 1.29 is 4.79 Å². The fourth-order valence-corrected chi connectivity index (χ4v) is 3.64. The van der Waals surface area contributed by atoms with Crippen molar-refractivity contribution in [1.29, 1.82) is 0 Å². The summed E-state index contributed by atoms with van der Waals surface area (Å²) in [6.45, 7) is 0. The fourth-order valence-electron chi connectivity index (χ4n) is 3.64. The molecule has 3 rings (SSSR count). The molecule has 2 aliphatic heterocycles. The highest BCUT2D eigenvalue weighted by molar-refractivity contribution is 5.81. The summed E-state index contributed by atoms with van der Waals surface area (Å²) in [6, 6.07) is 11.7. The Morgan fingerprint density at radius 3 is 2.47 bits per heavy atom. The Morgan fingerprint density at radius 2 is 1.79 bits per heavy atom. The second-order valence-corrected chi connectivity index (χ2v) is 6.11. The van der Waals surface area contributed by atoms with Gasteiger partial charge in [0, 0.05) is 24.4 Å². The van der Waals surface area contributed by atoms with Gasteiger partial charge in [-0.2, -0.15) is 0 Å². The van der Waals surface area contributed by atoms with E-state index in [0.29, 0.717) is 23.8 Å². The molecule has 1 aromatic carbocycles. The number of fused-ring (bicyclic) bond motifs is 2. The van der Waals surface area contributed by atoms with Crippen LogP contribution in [0.5, 0.6) is 0 Å². The summed E-state index contributed by atoms with van der Waals surface area (Å²) in [4.78, 5) is 12.3. The maximum atomic E-state index is 12.3. The first-order chi connectivity index (χ1) is 9.31. The molecule has 2 bridgehead atoms. The maximum absolute atomic E-state index is 12.3. The van der Waals surface area contributed by atoms with Crippen LogP contribution in [0.2, 0.25) is 0 Å². The molecule has 2 saturated heterocycles. The number of Topliss-reactive ketones (excluding diaryl/α,β-unsaturated/α-hetero) is 1. The summed E-state index contributed by atoms with van der Waals surface area (Å²) in [6.07, 6.45) is 7.52. The summed E-state index contributed by atoms with van der Waals surface area (Å²) in [5.74, 6) is 0.851. The van der Waals surface area contributed by atoms with Gasteiger partial charge in [-0.05, 0) is 44.1 Å². The Hall–Kier alpha value is -1.15. The lowest BCUT2D eigenvalue weighted by Crippen LogP contribution is -2.40. The van der Waals surface area contributed by atoms with Crippen LogP contribution < -0.4 is 5.32 Å². The molecule has 2 heterocycles. The highest BCUT2D eigenvalue weighted by Gasteiger charge is 2.35. The van der Waals surface area contributed by atoms with E-state index < -0.39 is 0 Å². The average molecular weight is 257 g/mol. The highest BCUT2D eigenvalue weighted by Crippen LogP contribution is 2.32. The molecule has 1 N–H and O–H groups in total. The first-order valence-electron chi connectivity index (χ1n) is 7.64. The van der Waals surface area contributed by atoms with Gasteiger partial charge in [0.25, 0.3) is 0 Å². The zero-order valence-corrected chi connectivity index (χ0v) is 11.5. The lowest BCUT2D eigenvalue weighted by atomic mass is 9.86. The average Bonchev–Trinajstić information content (AvgIpc) is 2.78. The Balaban J connectivity index is 1.44. The molecule has 0 aliphatic carbocycles. The van der Waals surface area contributed by atoms with E-state index in [1.54, 1.807) is 0 Å². The first-order valence-corrected chi connectivity index (χ1v) is 7.64. The Morgan fingerprint density at radius 1 is 1.11 bits per heavy atom. The van der Waals surface area contributed by atoms with Gasteiger partial charge in [0.05, 0.1) is 0 Å². The molecule has 2 nitrogen and oxygen atoms in total. The smallest absolute Gasteiger partial charge is 0.136 e. The molecule has 2 fully saturated rings. The van der Waals surface area contributed by atoms with E-state index in [0.717, 1.165) is 32.1 Å². The van der Waals surface area contributed by atoms with Crippen LogP contribution in [-0.4, -0.2) is 17.9 Å². The van der Waals surface area contributed by atoms with Crippen LogP contribution in [0.1, 0.15) is 44.1 Å². The molecule has 2 heteroatoms. The molecule has 102 valence electrons. The van der Waals surface area contributed by atoms with Crippen molar-refractivity contribution in [1.82, 2.24) is 5.32 Å². The van der Waals surface area contributed by atoms with Crippen molar-refractivity contribution >= 4 is 5.78 Å². The third kappa shape index (κ3) is 3.24. The van der Waals surface area contributed by atoms with E-state index in [4.69, 9.17) is 0 Å². The third-order valence-corrected chi connectivity index (χ3v) is 4.66. The number of hydrogen-bond donors (Lipinski definition) is 1. The summed E-state index contributed by atoms with van der Waals surface area (Å²) >= 11 is 0. The Kier molecular flexibility index (Phi) is 3.97. The second-order valence-electron chi connectivity index (χ2n) is 6.11. The Labute approximate surface area is 115 Å². The summed E-state index contributed by atoms with van der Waals surface area (Å²) < 4.78 is 0. The molecular formula is C17H23NO. The van der Waals surface area contributed by atoms with Gasteiger partial charge in [-0.3, -0.25) is 4.79 Å². The monoisotopic (exact) mass is 257 g/mol. The van der Waals surface area contributed by atoms with E-state index in [1.165, 1.54) is 18.4 Å². The van der Waals surface area contributed by atoms with Crippen LogP contribution in [0.15, 0.2) is 30.3 Å². The number of hydrogen-bond acceptors (Lipinski definition) is 2. The van der Waals surface area contributed by atoms with Crippen LogP contribution in [0.3, 0.4) is 0 Å². The number of carbonyl (C=O) groups is 1. The molecule has 19 heavy (non-hydrogen) atoms. The predicted octanol–water partition coefficient (Wildman–Crippen LogP) is 3.11. The largest absolute Gasteiger partial charge is 0.311 e. The van der Waals surface area contributed by atoms with Crippen molar-refractivity contribution in [3.63, 3.8) is 0 Å². The quantitative estimate of drug-likeness (QED) is 0.878. The molecule has 0 saturated carbocycles. The highest BCUT2D eigenvalue weighted by atomic mass is 16.1. The first kappa shape index (κ1) is 12.9. The molecule has 0 spiro atoms. The summed E-state index contributed by atoms with van der Waals surface area (Å²) in [5.41, 5.74) is 1.35. The van der Waals surface area contributed by atoms with E-state index in [2.05, 4.69) is 29.6 Å². The Bertz CT molecular complexity index is 416. The standard InChI is InChI=1S/C17H23NO/c19-17(8-4-7-13-5-2-1-3-6-13)14-11-15-9-10-16(12-14)18-15/h1-3,5-6,14-16,18H,4,7-12H2. The number of nitrogens with one attached hydrogen (secondary N) is 1.